The first-order valence-corrected chi connectivity index (χ1v) is 4.91. The average molecular weight is 222 g/mol. The summed E-state index contributed by atoms with van der Waals surface area (Å²) in [6.07, 6.45) is 1.78. The minimum Gasteiger partial charge on any atom is -0.469 e. The average Bonchev–Trinajstić information content (AvgIpc) is 2.29. The largest absolute Gasteiger partial charge is 0.469 e. The zero-order valence-corrected chi connectivity index (χ0v) is 9.32. The number of rotatable bonds is 4. The van der Waals surface area contributed by atoms with Crippen LogP contribution in [0.1, 0.15) is 18.4 Å². The Hall–Kier alpha value is -1.91. The molecule has 0 fully saturated rings. The number of nitrogens with one attached hydrogen (secondary N) is 1. The molecule has 5 nitrogen and oxygen atoms in total. The van der Waals surface area contributed by atoms with Crippen molar-refractivity contribution in [2.24, 2.45) is 0 Å². The van der Waals surface area contributed by atoms with Crippen LogP contribution in [0.5, 0.6) is 0 Å². The van der Waals surface area contributed by atoms with Crippen molar-refractivity contribution in [3.8, 4) is 0 Å². The van der Waals surface area contributed by atoms with E-state index in [4.69, 9.17) is 0 Å². The minimum atomic E-state index is -0.395. The predicted molar refractivity (Wildman–Crippen MR) is 58.9 cm³/mol. The van der Waals surface area contributed by atoms with Crippen LogP contribution in [0.2, 0.25) is 0 Å². The molecule has 1 heterocycles. The lowest BCUT2D eigenvalue weighted by Gasteiger charge is -2.05. The highest BCUT2D eigenvalue weighted by Gasteiger charge is 2.08. The first kappa shape index (κ1) is 12.2. The van der Waals surface area contributed by atoms with Crippen molar-refractivity contribution >= 4 is 17.7 Å². The molecule has 0 aliphatic rings. The Morgan fingerprint density at radius 3 is 2.81 bits per heavy atom. The summed E-state index contributed by atoms with van der Waals surface area (Å²) >= 11 is 0. The Balaban J connectivity index is 2.46. The van der Waals surface area contributed by atoms with Gasteiger partial charge in [-0.25, -0.2) is 4.98 Å². The van der Waals surface area contributed by atoms with E-state index in [1.54, 1.807) is 12.3 Å². The van der Waals surface area contributed by atoms with Gasteiger partial charge in [0.25, 0.3) is 0 Å². The summed E-state index contributed by atoms with van der Waals surface area (Å²) in [6, 6.07) is 3.64. The Morgan fingerprint density at radius 2 is 2.19 bits per heavy atom. The smallest absolute Gasteiger partial charge is 0.306 e. The standard InChI is InChI=1S/C11H14N2O3/c1-8-4-3-7-12-11(8)13-9(14)5-6-10(15)16-2/h3-4,7H,5-6H2,1-2H3,(H,12,13,14). The third-order valence-electron chi connectivity index (χ3n) is 2.05. The molecule has 1 aromatic rings. The number of aromatic nitrogens is 1. The van der Waals surface area contributed by atoms with E-state index in [1.165, 1.54) is 7.11 Å². The summed E-state index contributed by atoms with van der Waals surface area (Å²) < 4.78 is 4.44. The lowest BCUT2D eigenvalue weighted by atomic mass is 10.2. The molecule has 0 saturated carbocycles. The van der Waals surface area contributed by atoms with Gasteiger partial charge in [0.15, 0.2) is 0 Å². The molecular weight excluding hydrogens is 208 g/mol. The highest BCUT2D eigenvalue weighted by molar-refractivity contribution is 5.92. The van der Waals surface area contributed by atoms with Crippen LogP contribution >= 0.6 is 0 Å². The van der Waals surface area contributed by atoms with Crippen molar-refractivity contribution in [3.63, 3.8) is 0 Å². The Kier molecular flexibility index (Phi) is 4.44. The van der Waals surface area contributed by atoms with Crippen molar-refractivity contribution in [3.05, 3.63) is 23.9 Å². The van der Waals surface area contributed by atoms with E-state index in [-0.39, 0.29) is 18.7 Å². The topological polar surface area (TPSA) is 68.3 Å². The van der Waals surface area contributed by atoms with Gasteiger partial charge in [-0.15, -0.1) is 0 Å². The number of hydrogen-bond acceptors (Lipinski definition) is 4. The van der Waals surface area contributed by atoms with Gasteiger partial charge in [-0.1, -0.05) is 6.07 Å². The second kappa shape index (κ2) is 5.85. The van der Waals surface area contributed by atoms with E-state index in [9.17, 15) is 9.59 Å². The number of methoxy groups -OCH3 is 1. The quantitative estimate of drug-likeness (QED) is 0.779. The summed E-state index contributed by atoms with van der Waals surface area (Å²) in [6.45, 7) is 1.85. The molecule has 0 bridgehead atoms. The third kappa shape index (κ3) is 3.68. The molecule has 5 heteroatoms. The number of esters is 1. The van der Waals surface area contributed by atoms with Crippen molar-refractivity contribution in [2.75, 3.05) is 12.4 Å². The number of hydrogen-bond donors (Lipinski definition) is 1. The maximum absolute atomic E-state index is 11.4. The van der Waals surface area contributed by atoms with Crippen LogP contribution in [-0.2, 0) is 14.3 Å². The van der Waals surface area contributed by atoms with Gasteiger partial charge in [0.05, 0.1) is 13.5 Å². The zero-order chi connectivity index (χ0) is 12.0. The molecule has 16 heavy (non-hydrogen) atoms. The molecule has 0 aliphatic carbocycles. The van der Waals surface area contributed by atoms with Crippen LogP contribution in [0.25, 0.3) is 0 Å². The molecule has 1 aromatic heterocycles. The summed E-state index contributed by atoms with van der Waals surface area (Å²) in [5.74, 6) is -0.113. The molecule has 0 spiro atoms. The highest BCUT2D eigenvalue weighted by atomic mass is 16.5. The van der Waals surface area contributed by atoms with E-state index in [0.29, 0.717) is 5.82 Å². The molecule has 0 atom stereocenters. The minimum absolute atomic E-state index is 0.0776. The second-order valence-corrected chi connectivity index (χ2v) is 3.29. The summed E-state index contributed by atoms with van der Waals surface area (Å²) in [5.41, 5.74) is 0.883. The second-order valence-electron chi connectivity index (χ2n) is 3.29. The number of pyridine rings is 1. The summed E-state index contributed by atoms with van der Waals surface area (Å²) in [5, 5.41) is 2.63. The monoisotopic (exact) mass is 222 g/mol. The molecule has 0 aliphatic heterocycles. The Bertz CT molecular complexity index is 391. The fourth-order valence-corrected chi connectivity index (χ4v) is 1.13. The molecular formula is C11H14N2O3. The number of ether oxygens (including phenoxy) is 1. The molecule has 1 N–H and O–H groups in total. The van der Waals surface area contributed by atoms with Gasteiger partial charge in [-0.05, 0) is 18.6 Å². The van der Waals surface area contributed by atoms with Crippen molar-refractivity contribution in [1.82, 2.24) is 4.98 Å². The van der Waals surface area contributed by atoms with Gasteiger partial charge in [0.2, 0.25) is 5.91 Å². The normalized spacial score (nSPS) is 9.62. The SMILES string of the molecule is COC(=O)CCC(=O)Nc1ncccc1C. The van der Waals surface area contributed by atoms with Gasteiger partial charge in [0, 0.05) is 12.6 Å². The zero-order valence-electron chi connectivity index (χ0n) is 9.32. The van der Waals surface area contributed by atoms with Crippen LogP contribution in [0.15, 0.2) is 18.3 Å². The van der Waals surface area contributed by atoms with Crippen molar-refractivity contribution < 1.29 is 14.3 Å². The van der Waals surface area contributed by atoms with E-state index < -0.39 is 5.97 Å². The van der Waals surface area contributed by atoms with Gasteiger partial charge in [-0.3, -0.25) is 9.59 Å². The number of anilines is 1. The number of nitrogens with zero attached hydrogens (tertiary/aromatic N) is 1. The van der Waals surface area contributed by atoms with Gasteiger partial charge >= 0.3 is 5.97 Å². The number of carbonyl (C=O) groups excluding carboxylic acids is 2. The van der Waals surface area contributed by atoms with E-state index in [0.717, 1.165) is 5.56 Å². The van der Waals surface area contributed by atoms with Crippen LogP contribution in [0.4, 0.5) is 5.82 Å². The van der Waals surface area contributed by atoms with E-state index >= 15 is 0 Å². The molecule has 0 aromatic carbocycles. The van der Waals surface area contributed by atoms with Gasteiger partial charge in [0.1, 0.15) is 5.82 Å². The Labute approximate surface area is 93.8 Å². The van der Waals surface area contributed by atoms with Crippen LogP contribution in [0, 0.1) is 6.92 Å². The fraction of sp³-hybridized carbons (Fsp3) is 0.364. The summed E-state index contributed by atoms with van der Waals surface area (Å²) in [7, 11) is 1.29. The maximum atomic E-state index is 11.4. The molecule has 0 saturated heterocycles. The lowest BCUT2D eigenvalue weighted by Crippen LogP contribution is -2.15. The molecule has 0 radical (unpaired) electrons. The van der Waals surface area contributed by atoms with Gasteiger partial charge in [-0.2, -0.15) is 0 Å². The lowest BCUT2D eigenvalue weighted by molar-refractivity contribution is -0.141. The first-order chi connectivity index (χ1) is 7.63. The van der Waals surface area contributed by atoms with Crippen LogP contribution in [0.3, 0.4) is 0 Å². The molecule has 0 unspecified atom stereocenters. The third-order valence-corrected chi connectivity index (χ3v) is 2.05. The summed E-state index contributed by atoms with van der Waals surface area (Å²) in [4.78, 5) is 26.3. The predicted octanol–water partition coefficient (Wildman–Crippen LogP) is 1.28. The van der Waals surface area contributed by atoms with E-state index in [1.807, 2.05) is 13.0 Å². The van der Waals surface area contributed by atoms with Gasteiger partial charge < -0.3 is 10.1 Å². The number of aryl methyl sites for hydroxylation is 1. The highest BCUT2D eigenvalue weighted by Crippen LogP contribution is 2.09. The fourth-order valence-electron chi connectivity index (χ4n) is 1.13. The molecule has 1 rings (SSSR count). The first-order valence-electron chi connectivity index (χ1n) is 4.91. The van der Waals surface area contributed by atoms with Crippen LogP contribution in [-0.4, -0.2) is 24.0 Å². The molecule has 86 valence electrons. The number of carbonyl (C=O) groups is 2. The Morgan fingerprint density at radius 1 is 1.44 bits per heavy atom. The van der Waals surface area contributed by atoms with Crippen LogP contribution < -0.4 is 5.32 Å². The molecule has 1 amide bonds. The van der Waals surface area contributed by atoms with E-state index in [2.05, 4.69) is 15.0 Å². The maximum Gasteiger partial charge on any atom is 0.306 e. The van der Waals surface area contributed by atoms with Crippen molar-refractivity contribution in [2.45, 2.75) is 19.8 Å². The number of amides is 1. The van der Waals surface area contributed by atoms with Crippen molar-refractivity contribution in [1.29, 1.82) is 0 Å².